The number of methoxy groups -OCH3 is 1. The number of aryl methyl sites for hydroxylation is 1. The molecule has 5 nitrogen and oxygen atoms in total. The molecule has 27 heavy (non-hydrogen) atoms. The van der Waals surface area contributed by atoms with Crippen LogP contribution in [0.25, 0.3) is 0 Å². The molecule has 1 aromatic heterocycles. The van der Waals surface area contributed by atoms with Gasteiger partial charge >= 0.3 is 0 Å². The fourth-order valence-electron chi connectivity index (χ4n) is 3.41. The van der Waals surface area contributed by atoms with Gasteiger partial charge in [-0.05, 0) is 67.5 Å². The molecule has 1 fully saturated rings. The number of benzene rings is 1. The monoisotopic (exact) mass is 386 g/mol. The van der Waals surface area contributed by atoms with Crippen LogP contribution in [0.3, 0.4) is 0 Å². The Labute approximate surface area is 166 Å². The van der Waals surface area contributed by atoms with E-state index in [1.54, 1.807) is 7.11 Å². The van der Waals surface area contributed by atoms with Crippen LogP contribution in [0, 0.1) is 6.92 Å². The summed E-state index contributed by atoms with van der Waals surface area (Å²) in [4.78, 5) is 7.27. The Kier molecular flexibility index (Phi) is 6.98. The number of thiophene rings is 1. The van der Waals surface area contributed by atoms with Crippen molar-refractivity contribution in [3.8, 4) is 5.75 Å². The van der Waals surface area contributed by atoms with Gasteiger partial charge in [-0.25, -0.2) is 4.99 Å². The molecule has 0 atom stereocenters. The number of aliphatic imine (C=N–C) groups is 1. The quantitative estimate of drug-likeness (QED) is 0.586. The fraction of sp³-hybridized carbons (Fsp3) is 0.476. The summed E-state index contributed by atoms with van der Waals surface area (Å²) in [5, 5.41) is 10.5. The van der Waals surface area contributed by atoms with E-state index in [0.29, 0.717) is 12.6 Å². The molecule has 146 valence electrons. The molecule has 0 aliphatic carbocycles. The molecule has 1 aromatic carbocycles. The third-order valence-electron chi connectivity index (χ3n) is 4.76. The van der Waals surface area contributed by atoms with Crippen LogP contribution in [-0.2, 0) is 6.54 Å². The highest BCUT2D eigenvalue weighted by atomic mass is 32.1. The maximum atomic E-state index is 5.37. The first kappa shape index (κ1) is 19.5. The van der Waals surface area contributed by atoms with E-state index in [2.05, 4.69) is 59.0 Å². The van der Waals surface area contributed by atoms with Gasteiger partial charge in [0.05, 0.1) is 18.7 Å². The summed E-state index contributed by atoms with van der Waals surface area (Å²) < 4.78 is 5.37. The lowest BCUT2D eigenvalue weighted by atomic mass is 10.1. The Bertz CT molecular complexity index is 737. The number of rotatable bonds is 6. The van der Waals surface area contributed by atoms with Crippen molar-refractivity contribution in [3.05, 3.63) is 46.8 Å². The minimum Gasteiger partial charge on any atom is -0.497 e. The number of ether oxygens (including phenoxy) is 1. The van der Waals surface area contributed by atoms with Crippen molar-refractivity contribution in [1.29, 1.82) is 0 Å². The third kappa shape index (κ3) is 5.63. The number of hydrogen-bond donors (Lipinski definition) is 2. The standard InChI is InChI=1S/C21H30N4OS/c1-4-22-21(23-15-17-12-16(2)13-19(14-17)26-3)24-18-7-9-25(10-8-18)20-6-5-11-27-20/h5-6,11-14,18H,4,7-10,15H2,1-3H3,(H2,22,23,24). The molecule has 0 unspecified atom stereocenters. The van der Waals surface area contributed by atoms with Crippen molar-refractivity contribution in [3.63, 3.8) is 0 Å². The zero-order chi connectivity index (χ0) is 19.1. The van der Waals surface area contributed by atoms with Crippen molar-refractivity contribution in [2.24, 2.45) is 4.99 Å². The van der Waals surface area contributed by atoms with Gasteiger partial charge in [0.1, 0.15) is 5.75 Å². The van der Waals surface area contributed by atoms with Gasteiger partial charge in [-0.1, -0.05) is 6.07 Å². The molecular weight excluding hydrogens is 356 g/mol. The summed E-state index contributed by atoms with van der Waals surface area (Å²) in [6.07, 6.45) is 2.25. The molecule has 2 heterocycles. The first-order chi connectivity index (χ1) is 13.2. The molecular formula is C21H30N4OS. The van der Waals surface area contributed by atoms with E-state index < -0.39 is 0 Å². The minimum atomic E-state index is 0.464. The summed E-state index contributed by atoms with van der Waals surface area (Å²) >= 11 is 1.82. The maximum Gasteiger partial charge on any atom is 0.191 e. The summed E-state index contributed by atoms with van der Waals surface area (Å²) in [6.45, 7) is 7.87. The van der Waals surface area contributed by atoms with E-state index in [9.17, 15) is 0 Å². The van der Waals surface area contributed by atoms with Crippen LogP contribution < -0.4 is 20.3 Å². The predicted molar refractivity (Wildman–Crippen MR) is 115 cm³/mol. The topological polar surface area (TPSA) is 48.9 Å². The molecule has 0 spiro atoms. The van der Waals surface area contributed by atoms with E-state index >= 15 is 0 Å². The van der Waals surface area contributed by atoms with Gasteiger partial charge in [0.25, 0.3) is 0 Å². The van der Waals surface area contributed by atoms with E-state index in [1.165, 1.54) is 10.6 Å². The van der Waals surface area contributed by atoms with Crippen LogP contribution in [-0.4, -0.2) is 38.7 Å². The second-order valence-electron chi connectivity index (χ2n) is 6.91. The van der Waals surface area contributed by atoms with Gasteiger partial charge in [0, 0.05) is 25.7 Å². The highest BCUT2D eigenvalue weighted by Gasteiger charge is 2.20. The Morgan fingerprint density at radius 1 is 1.30 bits per heavy atom. The van der Waals surface area contributed by atoms with Crippen molar-refractivity contribution in [1.82, 2.24) is 10.6 Å². The molecule has 1 saturated heterocycles. The molecule has 6 heteroatoms. The van der Waals surface area contributed by atoms with E-state index in [1.807, 2.05) is 17.4 Å². The molecule has 3 rings (SSSR count). The predicted octanol–water partition coefficient (Wildman–Crippen LogP) is 3.79. The van der Waals surface area contributed by atoms with Crippen molar-refractivity contribution >= 4 is 22.3 Å². The van der Waals surface area contributed by atoms with Crippen LogP contribution in [0.15, 0.2) is 40.7 Å². The molecule has 2 N–H and O–H groups in total. The van der Waals surface area contributed by atoms with Gasteiger partial charge in [0.2, 0.25) is 0 Å². The highest BCUT2D eigenvalue weighted by Crippen LogP contribution is 2.24. The average molecular weight is 387 g/mol. The molecule has 1 aliphatic rings. The Morgan fingerprint density at radius 2 is 2.11 bits per heavy atom. The number of piperidine rings is 1. The molecule has 2 aromatic rings. The second-order valence-corrected chi connectivity index (χ2v) is 7.84. The van der Waals surface area contributed by atoms with Crippen LogP contribution in [0.4, 0.5) is 5.00 Å². The first-order valence-electron chi connectivity index (χ1n) is 9.65. The van der Waals surface area contributed by atoms with Crippen molar-refractivity contribution in [2.45, 2.75) is 39.3 Å². The van der Waals surface area contributed by atoms with Gasteiger partial charge in [0.15, 0.2) is 5.96 Å². The molecule has 1 aliphatic heterocycles. The van der Waals surface area contributed by atoms with Gasteiger partial charge in [-0.15, -0.1) is 11.3 Å². The van der Waals surface area contributed by atoms with Crippen LogP contribution in [0.5, 0.6) is 5.75 Å². The van der Waals surface area contributed by atoms with Gasteiger partial charge < -0.3 is 20.3 Å². The number of anilines is 1. The SMILES string of the molecule is CCNC(=NCc1cc(C)cc(OC)c1)NC1CCN(c2cccs2)CC1. The largest absolute Gasteiger partial charge is 0.497 e. The van der Waals surface area contributed by atoms with Crippen LogP contribution in [0.1, 0.15) is 30.9 Å². The lowest BCUT2D eigenvalue weighted by molar-refractivity contribution is 0.414. The normalized spacial score (nSPS) is 15.7. The summed E-state index contributed by atoms with van der Waals surface area (Å²) in [7, 11) is 1.70. The number of nitrogens with zero attached hydrogens (tertiary/aromatic N) is 2. The Hall–Kier alpha value is -2.21. The molecule has 0 bridgehead atoms. The van der Waals surface area contributed by atoms with Gasteiger partial charge in [-0.2, -0.15) is 0 Å². The third-order valence-corrected chi connectivity index (χ3v) is 5.69. The number of guanidine groups is 1. The summed E-state index contributed by atoms with van der Waals surface area (Å²) in [5.41, 5.74) is 2.36. The fourth-order valence-corrected chi connectivity index (χ4v) is 4.20. The Balaban J connectivity index is 1.57. The Morgan fingerprint density at radius 3 is 2.78 bits per heavy atom. The minimum absolute atomic E-state index is 0.464. The lowest BCUT2D eigenvalue weighted by Crippen LogP contribution is -2.48. The highest BCUT2D eigenvalue weighted by molar-refractivity contribution is 7.14. The second kappa shape index (κ2) is 9.65. The van der Waals surface area contributed by atoms with E-state index in [0.717, 1.165) is 49.7 Å². The zero-order valence-electron chi connectivity index (χ0n) is 16.5. The zero-order valence-corrected chi connectivity index (χ0v) is 17.3. The van der Waals surface area contributed by atoms with Crippen molar-refractivity contribution in [2.75, 3.05) is 31.6 Å². The van der Waals surface area contributed by atoms with E-state index in [4.69, 9.17) is 9.73 Å². The average Bonchev–Trinajstić information content (AvgIpc) is 3.21. The smallest absolute Gasteiger partial charge is 0.191 e. The molecule has 0 radical (unpaired) electrons. The van der Waals surface area contributed by atoms with E-state index in [-0.39, 0.29) is 0 Å². The molecule has 0 saturated carbocycles. The lowest BCUT2D eigenvalue weighted by Gasteiger charge is -2.33. The summed E-state index contributed by atoms with van der Waals surface area (Å²) in [5.74, 6) is 1.78. The summed E-state index contributed by atoms with van der Waals surface area (Å²) in [6, 6.07) is 11.1. The van der Waals surface area contributed by atoms with Crippen molar-refractivity contribution < 1.29 is 4.74 Å². The first-order valence-corrected chi connectivity index (χ1v) is 10.5. The van der Waals surface area contributed by atoms with Crippen LogP contribution >= 0.6 is 11.3 Å². The van der Waals surface area contributed by atoms with Gasteiger partial charge in [-0.3, -0.25) is 0 Å². The van der Waals surface area contributed by atoms with Crippen LogP contribution in [0.2, 0.25) is 0 Å². The maximum absolute atomic E-state index is 5.37. The number of nitrogens with one attached hydrogen (secondary N) is 2. The number of hydrogen-bond acceptors (Lipinski definition) is 4. The molecule has 0 amide bonds.